The fraction of sp³-hybridized carbons (Fsp3) is 0.125. The molecule has 0 aliphatic heterocycles. The lowest BCUT2D eigenvalue weighted by atomic mass is 10.2. The lowest BCUT2D eigenvalue weighted by molar-refractivity contribution is 0.252. The zero-order valence-electron chi connectivity index (χ0n) is 12.7. The van der Waals surface area contributed by atoms with Crippen LogP contribution in [0, 0.1) is 0 Å². The van der Waals surface area contributed by atoms with E-state index in [1.54, 1.807) is 38.5 Å². The molecular formula is C16H16BrN3O3. The SMILES string of the molecule is COc1cc(OC)c(/C=N/NC(=O)Nc2ccccc2)cc1Br. The van der Waals surface area contributed by atoms with E-state index in [1.807, 2.05) is 18.2 Å². The van der Waals surface area contributed by atoms with Gasteiger partial charge in [0.2, 0.25) is 0 Å². The molecule has 0 aliphatic carbocycles. The first-order chi connectivity index (χ1) is 11.1. The standard InChI is InChI=1S/C16H16BrN3O3/c1-22-14-9-15(23-2)13(17)8-11(14)10-18-20-16(21)19-12-6-4-3-5-7-12/h3-10H,1-2H3,(H2,19,20,21)/b18-10+. The molecule has 0 aliphatic rings. The van der Waals surface area contributed by atoms with Gasteiger partial charge in [-0.05, 0) is 34.1 Å². The summed E-state index contributed by atoms with van der Waals surface area (Å²) in [6.07, 6.45) is 1.49. The maximum Gasteiger partial charge on any atom is 0.339 e. The summed E-state index contributed by atoms with van der Waals surface area (Å²) in [5, 5.41) is 6.58. The average Bonchev–Trinajstić information content (AvgIpc) is 2.56. The van der Waals surface area contributed by atoms with Gasteiger partial charge >= 0.3 is 6.03 Å². The van der Waals surface area contributed by atoms with Crippen LogP contribution in [-0.4, -0.2) is 26.5 Å². The number of carbonyl (C=O) groups is 1. The number of rotatable bonds is 5. The molecule has 2 aromatic carbocycles. The molecule has 0 fully saturated rings. The van der Waals surface area contributed by atoms with Crippen LogP contribution in [0.4, 0.5) is 10.5 Å². The van der Waals surface area contributed by atoms with Crippen molar-refractivity contribution in [3.63, 3.8) is 0 Å². The zero-order valence-corrected chi connectivity index (χ0v) is 14.3. The number of amides is 2. The second-order valence-corrected chi connectivity index (χ2v) is 5.27. The largest absolute Gasteiger partial charge is 0.496 e. The Kier molecular flexibility index (Phi) is 5.99. The van der Waals surface area contributed by atoms with Gasteiger partial charge in [0.05, 0.1) is 24.9 Å². The van der Waals surface area contributed by atoms with E-state index in [-0.39, 0.29) is 0 Å². The van der Waals surface area contributed by atoms with Gasteiger partial charge in [0, 0.05) is 17.3 Å². The molecule has 2 amide bonds. The molecule has 120 valence electrons. The molecule has 0 heterocycles. The number of benzene rings is 2. The summed E-state index contributed by atoms with van der Waals surface area (Å²) < 4.78 is 11.2. The summed E-state index contributed by atoms with van der Waals surface area (Å²) in [6, 6.07) is 12.2. The molecule has 7 heteroatoms. The highest BCUT2D eigenvalue weighted by Gasteiger charge is 2.08. The Morgan fingerprint density at radius 3 is 2.48 bits per heavy atom. The predicted molar refractivity (Wildman–Crippen MR) is 93.4 cm³/mol. The molecule has 2 aromatic rings. The van der Waals surface area contributed by atoms with Crippen LogP contribution in [0.1, 0.15) is 5.56 Å². The van der Waals surface area contributed by atoms with Gasteiger partial charge in [-0.2, -0.15) is 5.10 Å². The normalized spacial score (nSPS) is 10.4. The smallest absolute Gasteiger partial charge is 0.339 e. The number of para-hydroxylation sites is 1. The summed E-state index contributed by atoms with van der Waals surface area (Å²) in [5.41, 5.74) is 3.78. The Morgan fingerprint density at radius 2 is 1.83 bits per heavy atom. The van der Waals surface area contributed by atoms with Crippen LogP contribution in [-0.2, 0) is 0 Å². The molecule has 2 rings (SSSR count). The number of nitrogens with zero attached hydrogens (tertiary/aromatic N) is 1. The quantitative estimate of drug-likeness (QED) is 0.617. The zero-order chi connectivity index (χ0) is 16.7. The summed E-state index contributed by atoms with van der Waals surface area (Å²) in [6.45, 7) is 0. The van der Waals surface area contributed by atoms with Crippen LogP contribution in [0.2, 0.25) is 0 Å². The minimum atomic E-state index is -0.431. The van der Waals surface area contributed by atoms with Crippen LogP contribution < -0.4 is 20.2 Å². The van der Waals surface area contributed by atoms with Gasteiger partial charge in [0.15, 0.2) is 0 Å². The third kappa shape index (κ3) is 4.72. The van der Waals surface area contributed by atoms with Crippen molar-refractivity contribution in [3.8, 4) is 11.5 Å². The van der Waals surface area contributed by atoms with Crippen molar-refractivity contribution in [3.05, 3.63) is 52.5 Å². The Morgan fingerprint density at radius 1 is 1.13 bits per heavy atom. The number of hydrogen-bond acceptors (Lipinski definition) is 4. The first kappa shape index (κ1) is 16.8. The molecule has 6 nitrogen and oxygen atoms in total. The van der Waals surface area contributed by atoms with E-state index in [1.165, 1.54) is 6.21 Å². The first-order valence-electron chi connectivity index (χ1n) is 6.70. The van der Waals surface area contributed by atoms with Gasteiger partial charge in [-0.1, -0.05) is 18.2 Å². The van der Waals surface area contributed by atoms with Crippen LogP contribution in [0.3, 0.4) is 0 Å². The van der Waals surface area contributed by atoms with Gasteiger partial charge in [-0.15, -0.1) is 0 Å². The molecule has 0 aromatic heterocycles. The molecule has 23 heavy (non-hydrogen) atoms. The maximum atomic E-state index is 11.7. The van der Waals surface area contributed by atoms with Crippen molar-refractivity contribution in [2.24, 2.45) is 5.10 Å². The molecular weight excluding hydrogens is 362 g/mol. The van der Waals surface area contributed by atoms with E-state index < -0.39 is 6.03 Å². The predicted octanol–water partition coefficient (Wildman–Crippen LogP) is 3.62. The second kappa shape index (κ2) is 8.19. The fourth-order valence-corrected chi connectivity index (χ4v) is 2.35. The highest BCUT2D eigenvalue weighted by Crippen LogP contribution is 2.31. The van der Waals surface area contributed by atoms with Crippen molar-refractivity contribution < 1.29 is 14.3 Å². The number of nitrogens with one attached hydrogen (secondary N) is 2. The second-order valence-electron chi connectivity index (χ2n) is 4.42. The van der Waals surface area contributed by atoms with E-state index >= 15 is 0 Å². The van der Waals surface area contributed by atoms with Crippen LogP contribution in [0.15, 0.2) is 52.0 Å². The fourth-order valence-electron chi connectivity index (χ4n) is 1.83. The van der Waals surface area contributed by atoms with Crippen molar-refractivity contribution in [2.75, 3.05) is 19.5 Å². The number of urea groups is 1. The Balaban J connectivity index is 2.02. The first-order valence-corrected chi connectivity index (χ1v) is 7.50. The number of halogens is 1. The highest BCUT2D eigenvalue weighted by molar-refractivity contribution is 9.10. The Bertz CT molecular complexity index is 705. The molecule has 0 spiro atoms. The molecule has 2 N–H and O–H groups in total. The number of hydrazone groups is 1. The summed E-state index contributed by atoms with van der Waals surface area (Å²) in [7, 11) is 3.12. The van der Waals surface area contributed by atoms with E-state index in [4.69, 9.17) is 9.47 Å². The van der Waals surface area contributed by atoms with Gasteiger partial charge in [0.25, 0.3) is 0 Å². The van der Waals surface area contributed by atoms with Crippen LogP contribution in [0.5, 0.6) is 11.5 Å². The molecule has 0 atom stereocenters. The Hall–Kier alpha value is -2.54. The molecule has 0 saturated carbocycles. The van der Waals surface area contributed by atoms with Gasteiger partial charge < -0.3 is 14.8 Å². The van der Waals surface area contributed by atoms with Crippen LogP contribution in [0.25, 0.3) is 0 Å². The number of ether oxygens (including phenoxy) is 2. The van der Waals surface area contributed by atoms with Crippen molar-refractivity contribution >= 4 is 33.9 Å². The van der Waals surface area contributed by atoms with Crippen molar-refractivity contribution in [1.82, 2.24) is 5.43 Å². The number of hydrogen-bond donors (Lipinski definition) is 2. The average molecular weight is 378 g/mol. The molecule has 0 saturated heterocycles. The van der Waals surface area contributed by atoms with Crippen LogP contribution >= 0.6 is 15.9 Å². The Labute approximate surface area is 142 Å². The van der Waals surface area contributed by atoms with E-state index in [2.05, 4.69) is 31.8 Å². The van der Waals surface area contributed by atoms with Gasteiger partial charge in [0.1, 0.15) is 11.5 Å². The number of anilines is 1. The number of methoxy groups -OCH3 is 2. The third-order valence-electron chi connectivity index (χ3n) is 2.91. The molecule has 0 bridgehead atoms. The number of carbonyl (C=O) groups excluding carboxylic acids is 1. The molecule has 0 unspecified atom stereocenters. The van der Waals surface area contributed by atoms with Gasteiger partial charge in [-0.3, -0.25) is 0 Å². The summed E-state index contributed by atoms with van der Waals surface area (Å²) in [4.78, 5) is 11.7. The minimum Gasteiger partial charge on any atom is -0.496 e. The third-order valence-corrected chi connectivity index (χ3v) is 3.53. The van der Waals surface area contributed by atoms with Crippen molar-refractivity contribution in [1.29, 1.82) is 0 Å². The lowest BCUT2D eigenvalue weighted by Gasteiger charge is -2.09. The van der Waals surface area contributed by atoms with Crippen molar-refractivity contribution in [2.45, 2.75) is 0 Å². The minimum absolute atomic E-state index is 0.431. The van der Waals surface area contributed by atoms with E-state index in [0.29, 0.717) is 22.7 Å². The monoisotopic (exact) mass is 377 g/mol. The topological polar surface area (TPSA) is 72.0 Å². The highest BCUT2D eigenvalue weighted by atomic mass is 79.9. The molecule has 0 radical (unpaired) electrons. The summed E-state index contributed by atoms with van der Waals surface area (Å²) in [5.74, 6) is 1.23. The van der Waals surface area contributed by atoms with E-state index in [0.717, 1.165) is 4.47 Å². The lowest BCUT2D eigenvalue weighted by Crippen LogP contribution is -2.24. The van der Waals surface area contributed by atoms with Gasteiger partial charge in [-0.25, -0.2) is 10.2 Å². The maximum absolute atomic E-state index is 11.7. The van der Waals surface area contributed by atoms with E-state index in [9.17, 15) is 4.79 Å². The summed E-state index contributed by atoms with van der Waals surface area (Å²) >= 11 is 3.39.